The lowest BCUT2D eigenvalue weighted by Crippen LogP contribution is -2.26. The van der Waals surface area contributed by atoms with E-state index in [0.717, 1.165) is 16.3 Å². The number of nitrogens with zero attached hydrogens (tertiary/aromatic N) is 3. The van der Waals surface area contributed by atoms with Crippen LogP contribution in [0.3, 0.4) is 0 Å². The van der Waals surface area contributed by atoms with Crippen LogP contribution >= 0.6 is 11.3 Å². The van der Waals surface area contributed by atoms with Crippen LogP contribution in [0, 0.1) is 0 Å². The number of rotatable bonds is 5. The minimum absolute atomic E-state index is 0.170. The summed E-state index contributed by atoms with van der Waals surface area (Å²) in [5.41, 5.74) is 2.28. The van der Waals surface area contributed by atoms with Crippen LogP contribution in [0.4, 0.5) is 0 Å². The van der Waals surface area contributed by atoms with Crippen molar-refractivity contribution in [3.8, 4) is 10.6 Å². The molecule has 106 valence electrons. The lowest BCUT2D eigenvalue weighted by Gasteiger charge is -2.00. The Balaban J connectivity index is 1.59. The molecule has 0 atom stereocenters. The number of H-pyrrole nitrogens is 1. The van der Waals surface area contributed by atoms with E-state index in [2.05, 4.69) is 25.7 Å². The number of carbonyl (C=O) groups is 1. The van der Waals surface area contributed by atoms with Gasteiger partial charge in [0.1, 0.15) is 10.7 Å². The highest BCUT2D eigenvalue weighted by molar-refractivity contribution is 7.13. The molecule has 21 heavy (non-hydrogen) atoms. The maximum Gasteiger partial charge on any atom is 0.270 e. The van der Waals surface area contributed by atoms with Crippen molar-refractivity contribution in [2.24, 2.45) is 0 Å². The number of nitrogens with one attached hydrogen (secondary N) is 2. The molecule has 0 saturated carbocycles. The van der Waals surface area contributed by atoms with Gasteiger partial charge in [-0.3, -0.25) is 4.79 Å². The molecule has 2 aromatic heterocycles. The molecule has 7 heteroatoms. The first-order valence-electron chi connectivity index (χ1n) is 6.47. The minimum Gasteiger partial charge on any atom is -0.350 e. The fourth-order valence-corrected chi connectivity index (χ4v) is 2.64. The van der Waals surface area contributed by atoms with Crippen LogP contribution in [0.25, 0.3) is 10.6 Å². The standard InChI is InChI=1S/C14H13N5OS/c20-13(15-7-6-11-8-16-19-18-11)12-9-21-14(17-12)10-4-2-1-3-5-10/h1-5,8-9H,6-7H2,(H,15,20)(H,16,18,19). The monoisotopic (exact) mass is 299 g/mol. The predicted octanol–water partition coefficient (Wildman–Crippen LogP) is 1.90. The van der Waals surface area contributed by atoms with Gasteiger partial charge >= 0.3 is 0 Å². The SMILES string of the molecule is O=C(NCCc1cn[nH]n1)c1csc(-c2ccccc2)n1. The van der Waals surface area contributed by atoms with Crippen molar-refractivity contribution in [3.05, 3.63) is 53.3 Å². The molecule has 0 bridgehead atoms. The first kappa shape index (κ1) is 13.4. The molecule has 3 aromatic rings. The summed E-state index contributed by atoms with van der Waals surface area (Å²) in [6.07, 6.45) is 2.28. The normalized spacial score (nSPS) is 10.5. The lowest BCUT2D eigenvalue weighted by molar-refractivity contribution is 0.0950. The van der Waals surface area contributed by atoms with Gasteiger partial charge in [0.25, 0.3) is 5.91 Å². The highest BCUT2D eigenvalue weighted by Crippen LogP contribution is 2.23. The number of hydrogen-bond donors (Lipinski definition) is 2. The first-order chi connectivity index (χ1) is 10.3. The van der Waals surface area contributed by atoms with E-state index < -0.39 is 0 Å². The van der Waals surface area contributed by atoms with Crippen molar-refractivity contribution in [1.82, 2.24) is 25.7 Å². The van der Waals surface area contributed by atoms with Crippen molar-refractivity contribution in [2.75, 3.05) is 6.54 Å². The van der Waals surface area contributed by atoms with Crippen molar-refractivity contribution >= 4 is 17.2 Å². The molecule has 1 aromatic carbocycles. The van der Waals surface area contributed by atoms with Gasteiger partial charge in [-0.1, -0.05) is 30.3 Å². The maximum atomic E-state index is 12.0. The zero-order valence-corrected chi connectivity index (χ0v) is 11.9. The van der Waals surface area contributed by atoms with Crippen molar-refractivity contribution in [2.45, 2.75) is 6.42 Å². The van der Waals surface area contributed by atoms with E-state index in [1.165, 1.54) is 11.3 Å². The Morgan fingerprint density at radius 1 is 1.29 bits per heavy atom. The van der Waals surface area contributed by atoms with Crippen LogP contribution in [-0.2, 0) is 6.42 Å². The fraction of sp³-hybridized carbons (Fsp3) is 0.143. The molecular formula is C14H13N5OS. The van der Waals surface area contributed by atoms with Gasteiger partial charge < -0.3 is 5.32 Å². The second kappa shape index (κ2) is 6.27. The van der Waals surface area contributed by atoms with E-state index in [9.17, 15) is 4.79 Å². The van der Waals surface area contributed by atoms with Crippen molar-refractivity contribution in [3.63, 3.8) is 0 Å². The van der Waals surface area contributed by atoms with Gasteiger partial charge in [-0.25, -0.2) is 4.98 Å². The molecule has 0 aliphatic rings. The van der Waals surface area contributed by atoms with Crippen LogP contribution in [0.15, 0.2) is 41.9 Å². The van der Waals surface area contributed by atoms with Gasteiger partial charge in [-0.2, -0.15) is 15.4 Å². The van der Waals surface area contributed by atoms with Gasteiger partial charge in [-0.15, -0.1) is 11.3 Å². The van der Waals surface area contributed by atoms with Gasteiger partial charge in [0.05, 0.1) is 11.9 Å². The van der Waals surface area contributed by atoms with Crippen LogP contribution in [-0.4, -0.2) is 32.8 Å². The summed E-state index contributed by atoms with van der Waals surface area (Å²) < 4.78 is 0. The van der Waals surface area contributed by atoms with Gasteiger partial charge in [-0.05, 0) is 0 Å². The predicted molar refractivity (Wildman–Crippen MR) is 80.0 cm³/mol. The van der Waals surface area contributed by atoms with Gasteiger partial charge in [0.15, 0.2) is 0 Å². The number of aromatic amines is 1. The van der Waals surface area contributed by atoms with E-state index in [-0.39, 0.29) is 5.91 Å². The molecule has 0 fully saturated rings. The van der Waals surface area contributed by atoms with Crippen LogP contribution in [0.1, 0.15) is 16.2 Å². The highest BCUT2D eigenvalue weighted by atomic mass is 32.1. The first-order valence-corrected chi connectivity index (χ1v) is 7.34. The molecular weight excluding hydrogens is 286 g/mol. The molecule has 0 aliphatic heterocycles. The Morgan fingerprint density at radius 3 is 2.90 bits per heavy atom. The Hall–Kier alpha value is -2.54. The zero-order valence-electron chi connectivity index (χ0n) is 11.1. The van der Waals surface area contributed by atoms with Gasteiger partial charge in [0, 0.05) is 23.9 Å². The van der Waals surface area contributed by atoms with E-state index in [4.69, 9.17) is 0 Å². The third-order valence-corrected chi connectivity index (χ3v) is 3.78. The van der Waals surface area contributed by atoms with E-state index in [0.29, 0.717) is 18.7 Å². The third-order valence-electron chi connectivity index (χ3n) is 2.89. The third kappa shape index (κ3) is 3.32. The average molecular weight is 299 g/mol. The van der Waals surface area contributed by atoms with E-state index in [1.54, 1.807) is 11.6 Å². The highest BCUT2D eigenvalue weighted by Gasteiger charge is 2.11. The average Bonchev–Trinajstić information content (AvgIpc) is 3.20. The second-order valence-corrected chi connectivity index (χ2v) is 5.23. The quantitative estimate of drug-likeness (QED) is 0.753. The molecule has 0 saturated heterocycles. The van der Waals surface area contributed by atoms with Crippen LogP contribution in [0.5, 0.6) is 0 Å². The molecule has 0 aliphatic carbocycles. The summed E-state index contributed by atoms with van der Waals surface area (Å²) in [6, 6.07) is 9.81. The largest absolute Gasteiger partial charge is 0.350 e. The summed E-state index contributed by atoms with van der Waals surface area (Å²) >= 11 is 1.46. The van der Waals surface area contributed by atoms with Crippen molar-refractivity contribution in [1.29, 1.82) is 0 Å². The summed E-state index contributed by atoms with van der Waals surface area (Å²) in [4.78, 5) is 16.4. The summed E-state index contributed by atoms with van der Waals surface area (Å²) in [5, 5.41) is 15.6. The summed E-state index contributed by atoms with van der Waals surface area (Å²) in [7, 11) is 0. The number of aromatic nitrogens is 4. The topological polar surface area (TPSA) is 83.6 Å². The molecule has 0 spiro atoms. The lowest BCUT2D eigenvalue weighted by atomic mass is 10.2. The van der Waals surface area contributed by atoms with Crippen molar-refractivity contribution < 1.29 is 4.79 Å². The second-order valence-electron chi connectivity index (χ2n) is 4.37. The Labute approximate surface area is 125 Å². The molecule has 1 amide bonds. The van der Waals surface area contributed by atoms with E-state index >= 15 is 0 Å². The summed E-state index contributed by atoms with van der Waals surface area (Å²) in [6.45, 7) is 0.504. The molecule has 2 heterocycles. The number of thiazole rings is 1. The smallest absolute Gasteiger partial charge is 0.270 e. The van der Waals surface area contributed by atoms with E-state index in [1.807, 2.05) is 30.3 Å². The molecule has 2 N–H and O–H groups in total. The number of amides is 1. The maximum absolute atomic E-state index is 12.0. The number of hydrogen-bond acceptors (Lipinski definition) is 5. The number of carbonyl (C=O) groups excluding carboxylic acids is 1. The molecule has 0 unspecified atom stereocenters. The summed E-state index contributed by atoms with van der Waals surface area (Å²) in [5.74, 6) is -0.170. The molecule has 0 radical (unpaired) electrons. The molecule has 6 nitrogen and oxygen atoms in total. The Morgan fingerprint density at radius 2 is 2.14 bits per heavy atom. The Bertz CT molecular complexity index is 708. The van der Waals surface area contributed by atoms with Gasteiger partial charge in [0.2, 0.25) is 0 Å². The van der Waals surface area contributed by atoms with Crippen LogP contribution in [0.2, 0.25) is 0 Å². The molecule has 3 rings (SSSR count). The Kier molecular flexibility index (Phi) is 4.02. The zero-order chi connectivity index (χ0) is 14.5. The number of benzene rings is 1. The fourth-order valence-electron chi connectivity index (χ4n) is 1.83. The minimum atomic E-state index is -0.170. The van der Waals surface area contributed by atoms with Crippen LogP contribution < -0.4 is 5.32 Å².